The van der Waals surface area contributed by atoms with E-state index >= 15 is 0 Å². The first kappa shape index (κ1) is 20.4. The lowest BCUT2D eigenvalue weighted by molar-refractivity contribution is -0.185. The third kappa shape index (κ3) is 4.54. The van der Waals surface area contributed by atoms with E-state index < -0.39 is 29.1 Å². The van der Waals surface area contributed by atoms with Crippen molar-refractivity contribution in [3.63, 3.8) is 0 Å². The van der Waals surface area contributed by atoms with Crippen LogP contribution in [0, 0.1) is 23.4 Å². The second kappa shape index (κ2) is 8.33. The second-order valence-corrected chi connectivity index (χ2v) is 7.08. The summed E-state index contributed by atoms with van der Waals surface area (Å²) in [6.45, 7) is 2.01. The van der Waals surface area contributed by atoms with Gasteiger partial charge in [-0.1, -0.05) is 24.3 Å². The third-order valence-electron chi connectivity index (χ3n) is 5.15. The van der Waals surface area contributed by atoms with Gasteiger partial charge in [0.15, 0.2) is 17.5 Å². The van der Waals surface area contributed by atoms with Crippen LogP contribution < -0.4 is 4.74 Å². The largest absolute Gasteiger partial charge is 0.429 e. The summed E-state index contributed by atoms with van der Waals surface area (Å²) in [5.41, 5.74) is -0.0382. The van der Waals surface area contributed by atoms with Crippen LogP contribution in [0.2, 0.25) is 0 Å². The van der Waals surface area contributed by atoms with Crippen molar-refractivity contribution in [3.8, 4) is 5.75 Å². The monoisotopic (exact) mass is 396 g/mol. The molecule has 2 aromatic rings. The molecule has 0 heterocycles. The molecular weight excluding hydrogens is 375 g/mol. The molecule has 1 nitrogen and oxygen atoms in total. The molecule has 0 spiro atoms. The summed E-state index contributed by atoms with van der Waals surface area (Å²) in [4.78, 5) is 0. The fourth-order valence-electron chi connectivity index (χ4n) is 3.66. The van der Waals surface area contributed by atoms with E-state index in [2.05, 4.69) is 16.9 Å². The molecule has 3 rings (SSSR count). The summed E-state index contributed by atoms with van der Waals surface area (Å²) >= 11 is 0. The van der Waals surface area contributed by atoms with Crippen molar-refractivity contribution < 1.29 is 26.7 Å². The summed E-state index contributed by atoms with van der Waals surface area (Å²) in [5.74, 6) is -4.35. The van der Waals surface area contributed by atoms with Crippen LogP contribution in [0.15, 0.2) is 48.6 Å². The molecule has 0 atom stereocenters. The number of benzene rings is 2. The van der Waals surface area contributed by atoms with Gasteiger partial charge in [-0.05, 0) is 74.3 Å². The van der Waals surface area contributed by atoms with Crippen LogP contribution in [-0.4, -0.2) is 0 Å². The van der Waals surface area contributed by atoms with Crippen molar-refractivity contribution in [2.75, 3.05) is 0 Å². The first-order valence-electron chi connectivity index (χ1n) is 9.24. The van der Waals surface area contributed by atoms with Gasteiger partial charge in [0, 0.05) is 0 Å². The number of ether oxygens (including phenoxy) is 1. The van der Waals surface area contributed by atoms with Gasteiger partial charge in [-0.3, -0.25) is 0 Å². The Balaban J connectivity index is 1.68. The van der Waals surface area contributed by atoms with Gasteiger partial charge in [-0.2, -0.15) is 8.78 Å². The quantitative estimate of drug-likeness (QED) is 0.298. The Morgan fingerprint density at radius 1 is 0.929 bits per heavy atom. The van der Waals surface area contributed by atoms with Crippen molar-refractivity contribution >= 4 is 0 Å². The van der Waals surface area contributed by atoms with Crippen LogP contribution in [0.4, 0.5) is 22.0 Å². The smallest absolute Gasteiger partial charge is 0.426 e. The van der Waals surface area contributed by atoms with Gasteiger partial charge in [-0.25, -0.2) is 13.2 Å². The molecule has 1 saturated carbocycles. The van der Waals surface area contributed by atoms with Gasteiger partial charge in [-0.15, -0.1) is 0 Å². The van der Waals surface area contributed by atoms with Crippen molar-refractivity contribution in [2.24, 2.45) is 5.92 Å². The SMILES string of the molecule is C/C=C/C1CCC(c2ccc(OC(F)(F)c3cc(F)c(F)c(F)c3)cc2)CC1. The van der Waals surface area contributed by atoms with Crippen LogP contribution in [0.3, 0.4) is 0 Å². The van der Waals surface area contributed by atoms with Gasteiger partial charge >= 0.3 is 6.11 Å². The molecule has 6 heteroatoms. The molecule has 1 fully saturated rings. The van der Waals surface area contributed by atoms with E-state index in [4.69, 9.17) is 0 Å². The van der Waals surface area contributed by atoms with Gasteiger partial charge in [0.25, 0.3) is 0 Å². The zero-order valence-electron chi connectivity index (χ0n) is 15.4. The number of allylic oxidation sites excluding steroid dienone is 2. The average molecular weight is 396 g/mol. The van der Waals surface area contributed by atoms with E-state index in [1.54, 1.807) is 12.1 Å². The summed E-state index contributed by atoms with van der Waals surface area (Å²) in [5, 5.41) is 0. The lowest BCUT2D eigenvalue weighted by Crippen LogP contribution is -2.22. The first-order valence-corrected chi connectivity index (χ1v) is 9.24. The standard InChI is InChI=1S/C22H21F5O/c1-2-3-14-4-6-15(7-5-14)16-8-10-18(11-9-16)28-22(26,27)17-12-19(23)21(25)20(24)13-17/h2-3,8-15H,4-7H2,1H3/b3-2+. The van der Waals surface area contributed by atoms with E-state index in [1.807, 2.05) is 6.92 Å². The van der Waals surface area contributed by atoms with Crippen molar-refractivity contribution in [3.05, 3.63) is 77.1 Å². The second-order valence-electron chi connectivity index (χ2n) is 7.08. The van der Waals surface area contributed by atoms with Gasteiger partial charge < -0.3 is 4.74 Å². The van der Waals surface area contributed by atoms with Crippen LogP contribution in [0.5, 0.6) is 5.75 Å². The number of alkyl halides is 2. The normalized spacial score (nSPS) is 20.5. The fraction of sp³-hybridized carbons (Fsp3) is 0.364. The molecule has 2 aromatic carbocycles. The molecule has 0 saturated heterocycles. The Kier molecular flexibility index (Phi) is 6.06. The molecule has 0 bridgehead atoms. The number of halogens is 5. The Hall–Kier alpha value is -2.37. The highest BCUT2D eigenvalue weighted by Gasteiger charge is 2.36. The number of rotatable bonds is 5. The lowest BCUT2D eigenvalue weighted by Gasteiger charge is -2.27. The van der Waals surface area contributed by atoms with E-state index in [0.29, 0.717) is 11.8 Å². The molecule has 0 aromatic heterocycles. The van der Waals surface area contributed by atoms with Gasteiger partial charge in [0.2, 0.25) is 0 Å². The van der Waals surface area contributed by atoms with Gasteiger partial charge in [0.05, 0.1) is 5.56 Å². The molecule has 0 unspecified atom stereocenters. The molecule has 0 N–H and O–H groups in total. The fourth-order valence-corrected chi connectivity index (χ4v) is 3.66. The topological polar surface area (TPSA) is 9.23 Å². The Morgan fingerprint density at radius 2 is 1.50 bits per heavy atom. The van der Waals surface area contributed by atoms with Crippen LogP contribution >= 0.6 is 0 Å². The minimum absolute atomic E-state index is 0.138. The van der Waals surface area contributed by atoms with E-state index in [9.17, 15) is 22.0 Å². The molecule has 150 valence electrons. The zero-order valence-corrected chi connectivity index (χ0v) is 15.4. The zero-order chi connectivity index (χ0) is 20.3. The van der Waals surface area contributed by atoms with Crippen molar-refractivity contribution in [2.45, 2.75) is 44.6 Å². The minimum Gasteiger partial charge on any atom is -0.429 e. The molecule has 28 heavy (non-hydrogen) atoms. The minimum atomic E-state index is -4.00. The average Bonchev–Trinajstić information content (AvgIpc) is 2.67. The number of hydrogen-bond donors (Lipinski definition) is 0. The lowest BCUT2D eigenvalue weighted by atomic mass is 9.78. The summed E-state index contributed by atoms with van der Waals surface area (Å²) in [7, 11) is 0. The molecular formula is C22H21F5O. The maximum atomic E-state index is 14.2. The Labute approximate surface area is 160 Å². The van der Waals surface area contributed by atoms with E-state index in [-0.39, 0.29) is 17.9 Å². The predicted octanol–water partition coefficient (Wildman–Crippen LogP) is 7.08. The Bertz CT molecular complexity index is 814. The van der Waals surface area contributed by atoms with E-state index in [1.165, 1.54) is 12.1 Å². The highest BCUT2D eigenvalue weighted by Crippen LogP contribution is 2.38. The molecule has 1 aliphatic carbocycles. The van der Waals surface area contributed by atoms with Crippen LogP contribution in [0.25, 0.3) is 0 Å². The maximum absolute atomic E-state index is 14.2. The summed E-state index contributed by atoms with van der Waals surface area (Å²) < 4.78 is 72.5. The third-order valence-corrected chi connectivity index (χ3v) is 5.15. The van der Waals surface area contributed by atoms with E-state index in [0.717, 1.165) is 31.2 Å². The maximum Gasteiger partial charge on any atom is 0.426 e. The molecule has 0 amide bonds. The summed E-state index contributed by atoms with van der Waals surface area (Å²) in [6.07, 6.45) is 4.52. The van der Waals surface area contributed by atoms with Crippen LogP contribution in [0.1, 0.15) is 49.7 Å². The molecule has 1 aliphatic rings. The Morgan fingerprint density at radius 3 is 2.04 bits per heavy atom. The van der Waals surface area contributed by atoms with Crippen LogP contribution in [-0.2, 0) is 6.11 Å². The highest BCUT2D eigenvalue weighted by atomic mass is 19.3. The van der Waals surface area contributed by atoms with Crippen molar-refractivity contribution in [1.82, 2.24) is 0 Å². The molecule has 0 aliphatic heterocycles. The summed E-state index contributed by atoms with van der Waals surface area (Å²) in [6, 6.07) is 6.76. The molecule has 0 radical (unpaired) electrons. The number of hydrogen-bond acceptors (Lipinski definition) is 1. The predicted molar refractivity (Wildman–Crippen MR) is 96.8 cm³/mol. The van der Waals surface area contributed by atoms with Gasteiger partial charge in [0.1, 0.15) is 5.75 Å². The highest BCUT2D eigenvalue weighted by molar-refractivity contribution is 5.31. The first-order chi connectivity index (χ1) is 13.3. The van der Waals surface area contributed by atoms with Crippen molar-refractivity contribution in [1.29, 1.82) is 0 Å².